The summed E-state index contributed by atoms with van der Waals surface area (Å²) < 4.78 is 4.49. The van der Waals surface area contributed by atoms with Gasteiger partial charge in [-0.3, -0.25) is 0 Å². The molecule has 0 N–H and O–H groups in total. The van der Waals surface area contributed by atoms with Gasteiger partial charge in [-0.15, -0.1) is 0 Å². The number of hydrogen-bond acceptors (Lipinski definition) is 2. The minimum absolute atomic E-state index is 0.321. The summed E-state index contributed by atoms with van der Waals surface area (Å²) >= 11 is 1.68. The molecular formula is C18H31NS. The highest BCUT2D eigenvalue weighted by atomic mass is 32.1. The highest BCUT2D eigenvalue weighted by molar-refractivity contribution is 7.06. The molecule has 1 unspecified atom stereocenters. The molecule has 0 saturated heterocycles. The molecule has 0 aromatic carbocycles. The molecule has 0 spiro atoms. The average molecular weight is 294 g/mol. The first kappa shape index (κ1) is 17.4. The van der Waals surface area contributed by atoms with Gasteiger partial charge in [0, 0.05) is 10.3 Å². The molecule has 0 radical (unpaired) electrons. The third-order valence-electron chi connectivity index (χ3n) is 4.25. The van der Waals surface area contributed by atoms with E-state index in [9.17, 15) is 0 Å². The molecule has 114 valence electrons. The van der Waals surface area contributed by atoms with Crippen molar-refractivity contribution < 1.29 is 0 Å². The van der Waals surface area contributed by atoms with Crippen LogP contribution in [0.15, 0.2) is 12.6 Å². The van der Waals surface area contributed by atoms with Crippen molar-refractivity contribution in [1.29, 1.82) is 0 Å². The number of rotatable bonds is 11. The quantitative estimate of drug-likeness (QED) is 0.419. The Bertz CT molecular complexity index is 383. The van der Waals surface area contributed by atoms with E-state index in [0.29, 0.717) is 5.41 Å². The number of nitrogens with zero attached hydrogens (tertiary/aromatic N) is 1. The van der Waals surface area contributed by atoms with Gasteiger partial charge in [0.15, 0.2) is 0 Å². The molecule has 0 bridgehead atoms. The zero-order valence-corrected chi connectivity index (χ0v) is 14.4. The largest absolute Gasteiger partial charge is 0.193 e. The zero-order valence-electron chi connectivity index (χ0n) is 13.6. The Kier molecular flexibility index (Phi) is 8.13. The fraction of sp³-hybridized carbons (Fsp3) is 0.722. The van der Waals surface area contributed by atoms with Crippen LogP contribution in [0.4, 0.5) is 0 Å². The molecule has 0 aliphatic rings. The highest BCUT2D eigenvalue weighted by Gasteiger charge is 2.27. The molecular weight excluding hydrogens is 262 g/mol. The first-order chi connectivity index (χ1) is 9.66. The van der Waals surface area contributed by atoms with Crippen LogP contribution in [0.1, 0.15) is 89.1 Å². The van der Waals surface area contributed by atoms with Crippen LogP contribution in [0.3, 0.4) is 0 Å². The van der Waals surface area contributed by atoms with Gasteiger partial charge >= 0.3 is 0 Å². The lowest BCUT2D eigenvalue weighted by Gasteiger charge is -2.28. The van der Waals surface area contributed by atoms with E-state index in [-0.39, 0.29) is 0 Å². The van der Waals surface area contributed by atoms with Gasteiger partial charge in [-0.05, 0) is 36.5 Å². The van der Waals surface area contributed by atoms with Crippen molar-refractivity contribution in [2.45, 2.75) is 84.0 Å². The molecule has 0 amide bonds. The molecule has 1 aromatic rings. The fourth-order valence-electron chi connectivity index (χ4n) is 2.73. The Labute approximate surface area is 129 Å². The van der Waals surface area contributed by atoms with Crippen molar-refractivity contribution in [3.63, 3.8) is 0 Å². The summed E-state index contributed by atoms with van der Waals surface area (Å²) in [7, 11) is 0. The number of aromatic nitrogens is 1. The monoisotopic (exact) mass is 293 g/mol. The first-order valence-electron chi connectivity index (χ1n) is 8.26. The Balaban J connectivity index is 2.62. The average Bonchev–Trinajstić information content (AvgIpc) is 2.94. The van der Waals surface area contributed by atoms with Gasteiger partial charge in [0.05, 0.1) is 5.69 Å². The maximum absolute atomic E-state index is 4.49. The molecule has 1 rings (SSSR count). The van der Waals surface area contributed by atoms with Gasteiger partial charge in [0.2, 0.25) is 0 Å². The van der Waals surface area contributed by atoms with Gasteiger partial charge in [-0.25, -0.2) is 0 Å². The second-order valence-electron chi connectivity index (χ2n) is 6.15. The minimum atomic E-state index is 0.321. The summed E-state index contributed by atoms with van der Waals surface area (Å²) in [5, 5.41) is 0. The lowest BCUT2D eigenvalue weighted by Crippen LogP contribution is -2.20. The summed E-state index contributed by atoms with van der Waals surface area (Å²) in [5.41, 5.74) is 1.36. The predicted molar refractivity (Wildman–Crippen MR) is 92.5 cm³/mol. The van der Waals surface area contributed by atoms with Crippen LogP contribution >= 0.6 is 11.5 Å². The second-order valence-corrected chi connectivity index (χ2v) is 6.95. The molecule has 0 aliphatic carbocycles. The van der Waals surface area contributed by atoms with Crippen LogP contribution < -0.4 is 0 Å². The molecule has 2 heteroatoms. The van der Waals surface area contributed by atoms with Gasteiger partial charge in [0.1, 0.15) is 0 Å². The van der Waals surface area contributed by atoms with Crippen molar-refractivity contribution in [3.05, 3.63) is 23.2 Å². The lowest BCUT2D eigenvalue weighted by molar-refractivity contribution is 0.375. The highest BCUT2D eigenvalue weighted by Crippen LogP contribution is 2.37. The maximum atomic E-state index is 4.49. The summed E-state index contributed by atoms with van der Waals surface area (Å²) in [5.74, 6) is 0. The Morgan fingerprint density at radius 1 is 1.10 bits per heavy atom. The van der Waals surface area contributed by atoms with Crippen LogP contribution in [-0.2, 0) is 5.41 Å². The van der Waals surface area contributed by atoms with Crippen LogP contribution in [-0.4, -0.2) is 4.37 Å². The van der Waals surface area contributed by atoms with E-state index in [2.05, 4.69) is 37.8 Å². The van der Waals surface area contributed by atoms with Gasteiger partial charge in [0.25, 0.3) is 0 Å². The topological polar surface area (TPSA) is 12.9 Å². The van der Waals surface area contributed by atoms with Gasteiger partial charge < -0.3 is 0 Å². The number of unbranched alkanes of at least 4 members (excludes halogenated alkanes) is 5. The Hall–Kier alpha value is -0.630. The smallest absolute Gasteiger partial charge is 0.0765 e. The fourth-order valence-corrected chi connectivity index (χ4v) is 3.66. The second kappa shape index (κ2) is 9.33. The predicted octanol–water partition coefficient (Wildman–Crippen LogP) is 6.59. The molecule has 20 heavy (non-hydrogen) atoms. The van der Waals surface area contributed by atoms with E-state index in [1.165, 1.54) is 62.7 Å². The lowest BCUT2D eigenvalue weighted by atomic mass is 9.78. The standard InChI is InChI=1S/C18H31NS/c1-5-8-10-11-12-14-18(4,13-9-6-2)17-15-16(7-3)19-20-17/h7,15H,3,5-6,8-14H2,1-2,4H3. The van der Waals surface area contributed by atoms with Crippen LogP contribution in [0, 0.1) is 0 Å². The van der Waals surface area contributed by atoms with E-state index >= 15 is 0 Å². The maximum Gasteiger partial charge on any atom is 0.0765 e. The molecule has 1 atom stereocenters. The van der Waals surface area contributed by atoms with Gasteiger partial charge in [-0.2, -0.15) is 4.37 Å². The third-order valence-corrected chi connectivity index (χ3v) is 5.36. The van der Waals surface area contributed by atoms with E-state index in [0.717, 1.165) is 5.69 Å². The molecule has 0 aliphatic heterocycles. The van der Waals surface area contributed by atoms with Crippen molar-refractivity contribution in [1.82, 2.24) is 4.37 Å². The van der Waals surface area contributed by atoms with E-state index < -0.39 is 0 Å². The SMILES string of the molecule is C=Cc1cc(C(C)(CCCC)CCCCCCC)sn1. The normalized spacial score (nSPS) is 14.2. The Morgan fingerprint density at radius 3 is 2.35 bits per heavy atom. The molecule has 1 aromatic heterocycles. The molecule has 0 saturated carbocycles. The molecule has 0 fully saturated rings. The van der Waals surface area contributed by atoms with E-state index in [1.807, 2.05) is 6.08 Å². The van der Waals surface area contributed by atoms with Crippen molar-refractivity contribution in [2.24, 2.45) is 0 Å². The zero-order chi connectivity index (χ0) is 14.8. The minimum Gasteiger partial charge on any atom is -0.193 e. The number of hydrogen-bond donors (Lipinski definition) is 0. The Morgan fingerprint density at radius 2 is 1.75 bits per heavy atom. The molecule has 1 nitrogen and oxygen atoms in total. The van der Waals surface area contributed by atoms with Crippen molar-refractivity contribution >= 4 is 17.6 Å². The van der Waals surface area contributed by atoms with Crippen molar-refractivity contribution in [3.8, 4) is 0 Å². The summed E-state index contributed by atoms with van der Waals surface area (Å²) in [6.45, 7) is 10.8. The van der Waals surface area contributed by atoms with Crippen molar-refractivity contribution in [2.75, 3.05) is 0 Å². The summed E-state index contributed by atoms with van der Waals surface area (Å²) in [6.07, 6.45) is 13.9. The van der Waals surface area contributed by atoms with Gasteiger partial charge in [-0.1, -0.05) is 72.3 Å². The van der Waals surface area contributed by atoms with Crippen LogP contribution in [0.25, 0.3) is 6.08 Å². The van der Waals surface area contributed by atoms with E-state index in [1.54, 1.807) is 11.5 Å². The summed E-state index contributed by atoms with van der Waals surface area (Å²) in [4.78, 5) is 1.45. The third kappa shape index (κ3) is 5.40. The summed E-state index contributed by atoms with van der Waals surface area (Å²) in [6, 6.07) is 2.25. The first-order valence-corrected chi connectivity index (χ1v) is 9.03. The van der Waals surface area contributed by atoms with Crippen LogP contribution in [0.5, 0.6) is 0 Å². The van der Waals surface area contributed by atoms with E-state index in [4.69, 9.17) is 0 Å². The van der Waals surface area contributed by atoms with Crippen LogP contribution in [0.2, 0.25) is 0 Å². The molecule has 1 heterocycles.